The predicted molar refractivity (Wildman–Crippen MR) is 63.1 cm³/mol. The molecule has 1 unspecified atom stereocenters. The Labute approximate surface area is 108 Å². The quantitative estimate of drug-likeness (QED) is 0.843. The van der Waals surface area contributed by atoms with E-state index in [0.717, 1.165) is 25.0 Å². The molecule has 0 saturated heterocycles. The Balaban J connectivity index is 2.03. The minimum atomic E-state index is -4.69. The van der Waals surface area contributed by atoms with Crippen LogP contribution >= 0.6 is 0 Å². The molecule has 104 valence electrons. The van der Waals surface area contributed by atoms with E-state index in [1.54, 1.807) is 6.26 Å². The molecule has 1 N–H and O–H groups in total. The minimum absolute atomic E-state index is 0.0793. The highest BCUT2D eigenvalue weighted by Crippen LogP contribution is 2.33. The molecule has 1 aliphatic heterocycles. The van der Waals surface area contributed by atoms with Gasteiger partial charge in [0.15, 0.2) is 0 Å². The van der Waals surface area contributed by atoms with E-state index in [1.165, 1.54) is 6.07 Å². The van der Waals surface area contributed by atoms with Crippen molar-refractivity contribution in [2.45, 2.75) is 25.1 Å². The molecule has 2 nitrogen and oxygen atoms in total. The van der Waals surface area contributed by atoms with Gasteiger partial charge in [0.1, 0.15) is 11.9 Å². The molecule has 1 atom stereocenters. The summed E-state index contributed by atoms with van der Waals surface area (Å²) in [6.07, 6.45) is 0.383. The van der Waals surface area contributed by atoms with Gasteiger partial charge in [0.25, 0.3) is 0 Å². The van der Waals surface area contributed by atoms with Gasteiger partial charge in [-0.25, -0.2) is 4.39 Å². The summed E-state index contributed by atoms with van der Waals surface area (Å²) in [4.78, 5) is 0. The molecular weight excluding hydrogens is 262 g/mol. The van der Waals surface area contributed by atoms with Crippen molar-refractivity contribution in [3.8, 4) is 0 Å². The number of alkyl halides is 3. The summed E-state index contributed by atoms with van der Waals surface area (Å²) in [5, 5.41) is 2.83. The fourth-order valence-electron chi connectivity index (χ4n) is 1.82. The molecule has 0 aliphatic carbocycles. The first-order valence-corrected chi connectivity index (χ1v) is 5.88. The fourth-order valence-corrected chi connectivity index (χ4v) is 1.82. The van der Waals surface area contributed by atoms with Gasteiger partial charge in [-0.05, 0) is 37.1 Å². The lowest BCUT2D eigenvalue weighted by molar-refractivity contribution is -0.139. The number of hydrogen-bond donors (Lipinski definition) is 1. The number of allylic oxidation sites excluding steroid dienone is 1. The molecule has 1 aliphatic rings. The van der Waals surface area contributed by atoms with Gasteiger partial charge in [-0.1, -0.05) is 0 Å². The fraction of sp³-hybridized carbons (Fsp3) is 0.385. The molecule has 2 rings (SSSR count). The first kappa shape index (κ1) is 13.7. The Morgan fingerprint density at radius 3 is 2.74 bits per heavy atom. The third kappa shape index (κ3) is 3.62. The molecule has 0 aromatic heterocycles. The highest BCUT2D eigenvalue weighted by molar-refractivity contribution is 5.47. The van der Waals surface area contributed by atoms with Crippen molar-refractivity contribution in [3.63, 3.8) is 0 Å². The molecule has 1 heterocycles. The van der Waals surface area contributed by atoms with Crippen LogP contribution in [0, 0.1) is 5.82 Å². The van der Waals surface area contributed by atoms with Crippen LogP contribution in [0.2, 0.25) is 0 Å². The Morgan fingerprint density at radius 2 is 2.11 bits per heavy atom. The van der Waals surface area contributed by atoms with Gasteiger partial charge < -0.3 is 10.1 Å². The number of hydrogen-bond acceptors (Lipinski definition) is 2. The number of halogens is 4. The second-order valence-electron chi connectivity index (χ2n) is 4.28. The molecule has 0 saturated carbocycles. The average molecular weight is 275 g/mol. The van der Waals surface area contributed by atoms with Crippen LogP contribution in [-0.4, -0.2) is 12.6 Å². The van der Waals surface area contributed by atoms with Gasteiger partial charge in [0.05, 0.1) is 18.4 Å². The normalized spacial score (nSPS) is 19.1. The number of rotatable bonds is 3. The van der Waals surface area contributed by atoms with Crippen LogP contribution in [0.5, 0.6) is 0 Å². The van der Waals surface area contributed by atoms with Crippen LogP contribution in [0.15, 0.2) is 30.5 Å². The van der Waals surface area contributed by atoms with E-state index in [0.29, 0.717) is 6.54 Å². The Morgan fingerprint density at radius 1 is 1.32 bits per heavy atom. The Bertz CT molecular complexity index is 470. The van der Waals surface area contributed by atoms with Crippen molar-refractivity contribution in [3.05, 3.63) is 41.9 Å². The number of ether oxygens (including phenoxy) is 1. The second kappa shape index (κ2) is 5.50. The van der Waals surface area contributed by atoms with Crippen LogP contribution in [0.1, 0.15) is 18.4 Å². The minimum Gasteiger partial charge on any atom is -0.497 e. The largest absolute Gasteiger partial charge is 0.497 e. The molecule has 1 aromatic carbocycles. The van der Waals surface area contributed by atoms with Crippen LogP contribution in [0.4, 0.5) is 23.2 Å². The molecule has 0 amide bonds. The lowest BCUT2D eigenvalue weighted by atomic mass is 10.1. The molecule has 0 spiro atoms. The van der Waals surface area contributed by atoms with Gasteiger partial charge in [0.2, 0.25) is 0 Å². The molecular formula is C13H13F4NO. The summed E-state index contributed by atoms with van der Waals surface area (Å²) in [6.45, 7) is 0.382. The zero-order chi connectivity index (χ0) is 13.9. The topological polar surface area (TPSA) is 21.3 Å². The van der Waals surface area contributed by atoms with E-state index in [4.69, 9.17) is 4.74 Å². The first-order valence-electron chi connectivity index (χ1n) is 5.88. The summed E-state index contributed by atoms with van der Waals surface area (Å²) < 4.78 is 55.9. The van der Waals surface area contributed by atoms with Crippen molar-refractivity contribution >= 4 is 5.69 Å². The summed E-state index contributed by atoms with van der Waals surface area (Å²) in [5.74, 6) is -1.27. The zero-order valence-electron chi connectivity index (χ0n) is 10.0. The van der Waals surface area contributed by atoms with E-state index in [1.807, 2.05) is 6.08 Å². The predicted octanol–water partition coefficient (Wildman–Crippen LogP) is 3.95. The van der Waals surface area contributed by atoms with Crippen molar-refractivity contribution in [1.82, 2.24) is 0 Å². The average Bonchev–Trinajstić information content (AvgIpc) is 2.37. The molecule has 0 bridgehead atoms. The van der Waals surface area contributed by atoms with Gasteiger partial charge in [-0.3, -0.25) is 0 Å². The summed E-state index contributed by atoms with van der Waals surface area (Å²) >= 11 is 0. The van der Waals surface area contributed by atoms with Crippen LogP contribution < -0.4 is 5.32 Å². The smallest absolute Gasteiger partial charge is 0.419 e. The summed E-state index contributed by atoms with van der Waals surface area (Å²) in [6, 6.07) is 2.87. The molecule has 1 aromatic rings. The van der Waals surface area contributed by atoms with Gasteiger partial charge in [0, 0.05) is 5.69 Å². The third-order valence-electron chi connectivity index (χ3n) is 2.83. The first-order chi connectivity index (χ1) is 8.97. The maximum atomic E-state index is 13.1. The van der Waals surface area contributed by atoms with Crippen LogP contribution in [0.3, 0.4) is 0 Å². The zero-order valence-corrected chi connectivity index (χ0v) is 10.0. The van der Waals surface area contributed by atoms with Crippen LogP contribution in [0.25, 0.3) is 0 Å². The number of anilines is 1. The van der Waals surface area contributed by atoms with Crippen LogP contribution in [-0.2, 0) is 10.9 Å². The Hall–Kier alpha value is -1.72. The van der Waals surface area contributed by atoms with E-state index in [9.17, 15) is 17.6 Å². The molecule has 19 heavy (non-hydrogen) atoms. The summed E-state index contributed by atoms with van der Waals surface area (Å²) in [7, 11) is 0. The van der Waals surface area contributed by atoms with Gasteiger partial charge in [-0.2, -0.15) is 13.2 Å². The molecule has 0 fully saturated rings. The second-order valence-corrected chi connectivity index (χ2v) is 4.28. The molecule has 0 radical (unpaired) electrons. The van der Waals surface area contributed by atoms with Crippen molar-refractivity contribution in [2.75, 3.05) is 11.9 Å². The molecule has 6 heteroatoms. The van der Waals surface area contributed by atoms with Crippen molar-refractivity contribution in [1.29, 1.82) is 0 Å². The number of benzene rings is 1. The van der Waals surface area contributed by atoms with E-state index in [2.05, 4.69) is 5.32 Å². The van der Waals surface area contributed by atoms with E-state index in [-0.39, 0.29) is 11.8 Å². The highest BCUT2D eigenvalue weighted by atomic mass is 19.4. The van der Waals surface area contributed by atoms with Crippen molar-refractivity contribution in [2.24, 2.45) is 0 Å². The van der Waals surface area contributed by atoms with E-state index >= 15 is 0 Å². The Kier molecular flexibility index (Phi) is 3.97. The standard InChI is InChI=1S/C13H13F4NO/c14-12-5-4-9(7-11(12)13(15,16)17)18-8-10-3-1-2-6-19-10/h2,4-7,10,18H,1,3,8H2. The number of nitrogens with one attached hydrogen (secondary N) is 1. The van der Waals surface area contributed by atoms with Gasteiger partial charge in [-0.15, -0.1) is 0 Å². The highest BCUT2D eigenvalue weighted by Gasteiger charge is 2.34. The maximum Gasteiger partial charge on any atom is 0.419 e. The van der Waals surface area contributed by atoms with Crippen molar-refractivity contribution < 1.29 is 22.3 Å². The third-order valence-corrected chi connectivity index (χ3v) is 2.83. The monoisotopic (exact) mass is 275 g/mol. The maximum absolute atomic E-state index is 13.1. The van der Waals surface area contributed by atoms with Gasteiger partial charge >= 0.3 is 6.18 Å². The van der Waals surface area contributed by atoms with E-state index < -0.39 is 17.6 Å². The lowest BCUT2D eigenvalue weighted by Crippen LogP contribution is -2.23. The SMILES string of the molecule is Fc1ccc(NCC2CCC=CO2)cc1C(F)(F)F. The lowest BCUT2D eigenvalue weighted by Gasteiger charge is -2.20. The summed E-state index contributed by atoms with van der Waals surface area (Å²) in [5.41, 5.74) is -1.03.